The van der Waals surface area contributed by atoms with E-state index in [1.807, 2.05) is 18.2 Å². The number of anilines is 1. The molecule has 112 valence electrons. The molecule has 22 heavy (non-hydrogen) atoms. The molecule has 0 radical (unpaired) electrons. The van der Waals surface area contributed by atoms with E-state index in [-0.39, 0.29) is 5.69 Å². The molecule has 0 fully saturated rings. The first-order valence-corrected chi connectivity index (χ1v) is 11.4. The molecule has 0 aliphatic carbocycles. The van der Waals surface area contributed by atoms with Crippen molar-refractivity contribution >= 4 is 47.5 Å². The van der Waals surface area contributed by atoms with E-state index in [0.717, 1.165) is 22.4 Å². The van der Waals surface area contributed by atoms with Crippen LogP contribution in [0.25, 0.3) is 11.0 Å². The van der Waals surface area contributed by atoms with Crippen LogP contribution >= 0.6 is 0 Å². The normalized spacial score (nSPS) is 14.6. The SMILES string of the molecule is Cc1c(N2C(=O)C=CC2=O)c(=O)oc2cc([As](C)C)ccc12. The third-order valence-electron chi connectivity index (χ3n) is 3.67. The van der Waals surface area contributed by atoms with E-state index in [4.69, 9.17) is 4.42 Å². The van der Waals surface area contributed by atoms with E-state index >= 15 is 0 Å². The zero-order valence-electron chi connectivity index (χ0n) is 12.4. The van der Waals surface area contributed by atoms with Crippen molar-refractivity contribution in [1.82, 2.24) is 0 Å². The zero-order valence-corrected chi connectivity index (χ0v) is 14.3. The molecule has 0 atom stereocenters. The van der Waals surface area contributed by atoms with Crippen LogP contribution in [0.3, 0.4) is 0 Å². The summed E-state index contributed by atoms with van der Waals surface area (Å²) in [6.07, 6.45) is 2.30. The van der Waals surface area contributed by atoms with Crippen molar-refractivity contribution in [2.24, 2.45) is 0 Å². The third-order valence-corrected chi connectivity index (χ3v) is 6.42. The van der Waals surface area contributed by atoms with Crippen LogP contribution in [0, 0.1) is 6.92 Å². The number of nitrogens with zero attached hydrogens (tertiary/aromatic N) is 1. The molecule has 0 saturated carbocycles. The summed E-state index contributed by atoms with van der Waals surface area (Å²) in [5.41, 5.74) is 4.80. The minimum atomic E-state index is -1.08. The van der Waals surface area contributed by atoms with Crippen molar-refractivity contribution in [3.63, 3.8) is 0 Å². The molecular weight excluding hydrogens is 345 g/mol. The average Bonchev–Trinajstić information content (AvgIpc) is 2.78. The number of fused-ring (bicyclic) bond motifs is 1. The first-order chi connectivity index (χ1) is 10.4. The summed E-state index contributed by atoms with van der Waals surface area (Å²) in [6, 6.07) is 5.80. The fourth-order valence-electron chi connectivity index (χ4n) is 2.49. The van der Waals surface area contributed by atoms with Crippen molar-refractivity contribution in [3.8, 4) is 0 Å². The predicted octanol–water partition coefficient (Wildman–Crippen LogP) is 1.49. The van der Waals surface area contributed by atoms with Crippen LogP contribution in [0.1, 0.15) is 5.56 Å². The van der Waals surface area contributed by atoms with Crippen LogP contribution in [0.15, 0.2) is 39.6 Å². The van der Waals surface area contributed by atoms with Crippen molar-refractivity contribution in [2.75, 3.05) is 4.90 Å². The van der Waals surface area contributed by atoms with Crippen molar-refractivity contribution in [2.45, 2.75) is 18.3 Å². The first-order valence-electron chi connectivity index (χ1n) is 6.71. The molecule has 0 saturated heterocycles. The van der Waals surface area contributed by atoms with Crippen LogP contribution in [0.4, 0.5) is 5.69 Å². The Bertz CT molecular complexity index is 877. The van der Waals surface area contributed by atoms with Crippen molar-refractivity contribution in [1.29, 1.82) is 0 Å². The number of hydrogen-bond donors (Lipinski definition) is 0. The summed E-state index contributed by atoms with van der Waals surface area (Å²) in [5, 5.41) is 0.738. The van der Waals surface area contributed by atoms with Gasteiger partial charge in [-0.2, -0.15) is 0 Å². The van der Waals surface area contributed by atoms with Gasteiger partial charge < -0.3 is 0 Å². The number of carbonyl (C=O) groups excluding carboxylic acids is 2. The molecule has 2 heterocycles. The number of imide groups is 1. The van der Waals surface area contributed by atoms with E-state index in [2.05, 4.69) is 11.4 Å². The zero-order chi connectivity index (χ0) is 16.0. The topological polar surface area (TPSA) is 67.6 Å². The van der Waals surface area contributed by atoms with Gasteiger partial charge in [0.25, 0.3) is 0 Å². The van der Waals surface area contributed by atoms with Crippen LogP contribution in [0.2, 0.25) is 11.4 Å². The van der Waals surface area contributed by atoms with E-state index < -0.39 is 32.1 Å². The van der Waals surface area contributed by atoms with Gasteiger partial charge in [-0.05, 0) is 0 Å². The van der Waals surface area contributed by atoms with E-state index in [1.165, 1.54) is 4.35 Å². The quantitative estimate of drug-likeness (QED) is 0.463. The van der Waals surface area contributed by atoms with Gasteiger partial charge in [0.05, 0.1) is 0 Å². The first kappa shape index (κ1) is 14.8. The Labute approximate surface area is 131 Å². The summed E-state index contributed by atoms with van der Waals surface area (Å²) in [6.45, 7) is 1.72. The fourth-order valence-corrected chi connectivity index (χ4v) is 4.06. The Morgan fingerprint density at radius 2 is 1.68 bits per heavy atom. The Morgan fingerprint density at radius 3 is 2.27 bits per heavy atom. The summed E-state index contributed by atoms with van der Waals surface area (Å²) < 4.78 is 6.57. The van der Waals surface area contributed by atoms with Gasteiger partial charge in [-0.25, -0.2) is 0 Å². The maximum atomic E-state index is 12.3. The Kier molecular flexibility index (Phi) is 3.53. The molecule has 1 aliphatic rings. The Morgan fingerprint density at radius 1 is 1.05 bits per heavy atom. The van der Waals surface area contributed by atoms with Gasteiger partial charge in [0.2, 0.25) is 0 Å². The van der Waals surface area contributed by atoms with Gasteiger partial charge in [-0.15, -0.1) is 0 Å². The molecule has 0 unspecified atom stereocenters. The standard InChI is InChI=1S/C16H14AsNO4/c1-9-11-5-4-10(17(2)3)8-12(11)22-16(21)15(9)18-13(19)6-7-14(18)20/h4-8H,1-3H3. The van der Waals surface area contributed by atoms with Crippen LogP contribution < -0.4 is 14.9 Å². The predicted molar refractivity (Wildman–Crippen MR) is 86.0 cm³/mol. The van der Waals surface area contributed by atoms with Crippen LogP contribution in [-0.4, -0.2) is 26.5 Å². The van der Waals surface area contributed by atoms with E-state index in [1.54, 1.807) is 6.92 Å². The molecule has 1 aromatic carbocycles. The Hall–Kier alpha value is -2.13. The summed E-state index contributed by atoms with van der Waals surface area (Å²) in [5.74, 6) is -1.04. The van der Waals surface area contributed by atoms with Gasteiger partial charge >= 0.3 is 131 Å². The molecule has 2 aromatic rings. The number of carbonyl (C=O) groups is 2. The van der Waals surface area contributed by atoms with E-state index in [9.17, 15) is 14.4 Å². The van der Waals surface area contributed by atoms with Crippen LogP contribution in [-0.2, 0) is 9.59 Å². The second kappa shape index (κ2) is 5.25. The summed E-state index contributed by atoms with van der Waals surface area (Å²) >= 11 is -1.08. The maximum absolute atomic E-state index is 12.3. The summed E-state index contributed by atoms with van der Waals surface area (Å²) in [4.78, 5) is 36.8. The Balaban J connectivity index is 2.26. The summed E-state index contributed by atoms with van der Waals surface area (Å²) in [7, 11) is 0. The number of benzene rings is 1. The van der Waals surface area contributed by atoms with Crippen molar-refractivity contribution < 1.29 is 14.0 Å². The van der Waals surface area contributed by atoms with Gasteiger partial charge in [-0.3, -0.25) is 0 Å². The molecular formula is C16H14AsNO4. The minimum absolute atomic E-state index is 0.00246. The van der Waals surface area contributed by atoms with E-state index in [0.29, 0.717) is 11.1 Å². The molecule has 0 spiro atoms. The number of aryl methyl sites for hydroxylation is 1. The van der Waals surface area contributed by atoms with Gasteiger partial charge in [0, 0.05) is 0 Å². The number of hydrogen-bond acceptors (Lipinski definition) is 4. The monoisotopic (exact) mass is 359 g/mol. The van der Waals surface area contributed by atoms with Crippen LogP contribution in [0.5, 0.6) is 0 Å². The molecule has 1 aromatic heterocycles. The fraction of sp³-hybridized carbons (Fsp3) is 0.188. The number of amides is 2. The van der Waals surface area contributed by atoms with Gasteiger partial charge in [0.1, 0.15) is 0 Å². The molecule has 3 rings (SSSR count). The molecule has 0 bridgehead atoms. The molecule has 0 N–H and O–H groups in total. The van der Waals surface area contributed by atoms with Gasteiger partial charge in [-0.1, -0.05) is 0 Å². The second-order valence-corrected chi connectivity index (χ2v) is 10.1. The second-order valence-electron chi connectivity index (χ2n) is 5.28. The van der Waals surface area contributed by atoms with Gasteiger partial charge in [0.15, 0.2) is 0 Å². The number of rotatable bonds is 2. The average molecular weight is 359 g/mol. The molecule has 6 heteroatoms. The molecule has 5 nitrogen and oxygen atoms in total. The van der Waals surface area contributed by atoms with Crippen molar-refractivity contribution in [3.05, 3.63) is 46.3 Å². The molecule has 1 aliphatic heterocycles. The molecule has 2 amide bonds. The third kappa shape index (κ3) is 2.22.